The summed E-state index contributed by atoms with van der Waals surface area (Å²) in [7, 11) is 0. The predicted octanol–water partition coefficient (Wildman–Crippen LogP) is 8.44. The van der Waals surface area contributed by atoms with Gasteiger partial charge in [0.25, 0.3) is 0 Å². The second-order valence-corrected chi connectivity index (χ2v) is 12.1. The van der Waals surface area contributed by atoms with Crippen LogP contribution in [-0.4, -0.2) is 22.2 Å². The molecule has 0 fully saturated rings. The molecule has 0 bridgehead atoms. The van der Waals surface area contributed by atoms with Gasteiger partial charge in [-0.25, -0.2) is 0 Å². The number of aromatic carboxylic acids is 2. The van der Waals surface area contributed by atoms with Crippen LogP contribution in [0.25, 0.3) is 0 Å². The van der Waals surface area contributed by atoms with Crippen molar-refractivity contribution in [3.8, 4) is 11.5 Å². The quantitative estimate of drug-likeness (QED) is 0.0851. The van der Waals surface area contributed by atoms with E-state index in [1.54, 1.807) is 24.3 Å². The number of carboxylic acids is 2. The summed E-state index contributed by atoms with van der Waals surface area (Å²) >= 11 is 0. The molecule has 0 saturated heterocycles. The smallest absolute Gasteiger partial charge is 0.545 e. The molecule has 0 amide bonds. The van der Waals surface area contributed by atoms with Gasteiger partial charge in [0.1, 0.15) is 11.5 Å². The van der Waals surface area contributed by atoms with E-state index in [1.165, 1.54) is 115 Å². The number of benzene rings is 2. The summed E-state index contributed by atoms with van der Waals surface area (Å²) < 4.78 is 0. The Morgan fingerprint density at radius 3 is 1.02 bits per heavy atom. The van der Waals surface area contributed by atoms with Crippen molar-refractivity contribution in [3.05, 3.63) is 58.7 Å². The summed E-state index contributed by atoms with van der Waals surface area (Å²) in [5.41, 5.74) is 1.21. The number of hydrogen-bond donors (Lipinski definition) is 2. The van der Waals surface area contributed by atoms with Gasteiger partial charge in [-0.05, 0) is 48.9 Å². The van der Waals surface area contributed by atoms with E-state index in [2.05, 4.69) is 13.8 Å². The van der Waals surface area contributed by atoms with Crippen molar-refractivity contribution in [1.82, 2.24) is 0 Å². The molecule has 0 unspecified atom stereocenters. The summed E-state index contributed by atoms with van der Waals surface area (Å²) in [6.07, 6.45) is 26.7. The Morgan fingerprint density at radius 1 is 0.489 bits per heavy atom. The Hall–Kier alpha value is -2.40. The van der Waals surface area contributed by atoms with Crippen molar-refractivity contribution in [2.24, 2.45) is 0 Å². The largest absolute Gasteiger partial charge is 2.00 e. The van der Waals surface area contributed by atoms with E-state index >= 15 is 0 Å². The molecule has 0 aromatic heterocycles. The van der Waals surface area contributed by atoms with Gasteiger partial charge in [-0.2, -0.15) is 0 Å². The van der Waals surface area contributed by atoms with Gasteiger partial charge in [-0.1, -0.05) is 154 Å². The number of para-hydroxylation sites is 2. The van der Waals surface area contributed by atoms with E-state index in [-0.39, 0.29) is 42.1 Å². The third-order valence-corrected chi connectivity index (χ3v) is 8.28. The zero-order valence-electron chi connectivity index (χ0n) is 28.3. The third-order valence-electron chi connectivity index (χ3n) is 8.28. The number of carbonyl (C=O) groups excluding carboxylic acids is 2. The average molecular weight is 676 g/mol. The number of hydrogen-bond acceptors (Lipinski definition) is 6. The van der Waals surface area contributed by atoms with Crippen LogP contribution in [0.1, 0.15) is 174 Å². The molecule has 45 heavy (non-hydrogen) atoms. The van der Waals surface area contributed by atoms with Crippen LogP contribution in [0.5, 0.6) is 11.5 Å². The molecule has 248 valence electrons. The first-order valence-electron chi connectivity index (χ1n) is 17.4. The Balaban J connectivity index is 0.000000842. The van der Waals surface area contributed by atoms with Gasteiger partial charge in [0, 0.05) is 11.1 Å². The minimum Gasteiger partial charge on any atom is -0.545 e. The first-order valence-corrected chi connectivity index (χ1v) is 17.4. The molecule has 2 aromatic carbocycles. The van der Waals surface area contributed by atoms with E-state index in [9.17, 15) is 30.0 Å². The van der Waals surface area contributed by atoms with Crippen LogP contribution in [0.3, 0.4) is 0 Å². The Kier molecular flexibility index (Phi) is 26.4. The maximum Gasteiger partial charge on any atom is 2.00 e. The molecule has 2 N–H and O–H groups in total. The van der Waals surface area contributed by atoms with Crippen molar-refractivity contribution < 1.29 is 49.5 Å². The number of carboxylic acid groups (broad SMARTS) is 2. The molecule has 0 saturated carbocycles. The molecule has 7 heteroatoms. The molecule has 0 aliphatic rings. The second kappa shape index (κ2) is 27.9. The molecule has 0 aliphatic heterocycles. The zero-order valence-corrected chi connectivity index (χ0v) is 31.2. The summed E-state index contributed by atoms with van der Waals surface area (Å²) in [4.78, 5) is 21.7. The van der Waals surface area contributed by atoms with Gasteiger partial charge in [-0.15, -0.1) is 0 Å². The Labute approximate surface area is 285 Å². The van der Waals surface area contributed by atoms with E-state index in [0.717, 1.165) is 38.5 Å². The van der Waals surface area contributed by atoms with Crippen LogP contribution < -0.4 is 10.2 Å². The minimum absolute atomic E-state index is 0. The fourth-order valence-corrected chi connectivity index (χ4v) is 5.52. The molecule has 2 rings (SSSR count). The molecule has 0 spiro atoms. The van der Waals surface area contributed by atoms with Crippen molar-refractivity contribution in [3.63, 3.8) is 0 Å². The second-order valence-electron chi connectivity index (χ2n) is 12.1. The molecule has 0 atom stereocenters. The van der Waals surface area contributed by atoms with Crippen molar-refractivity contribution in [2.45, 2.75) is 155 Å². The summed E-state index contributed by atoms with van der Waals surface area (Å²) in [5, 5.41) is 41.5. The number of carbonyl (C=O) groups is 2. The number of unbranched alkanes of at least 4 members (excludes halogenated alkanes) is 18. The molecule has 0 aliphatic carbocycles. The summed E-state index contributed by atoms with van der Waals surface area (Å²) in [6.45, 7) is 4.47. The summed E-state index contributed by atoms with van der Waals surface area (Å²) in [6, 6.07) is 9.66. The van der Waals surface area contributed by atoms with Crippen LogP contribution in [0, 0.1) is 0 Å². The van der Waals surface area contributed by atoms with E-state index in [1.807, 2.05) is 0 Å². The standard InChI is InChI=1S/2C19H30O3.Zn/c2*1-2-3-4-5-6-7-8-9-10-11-13-16-14-12-15-17(18(16)20)19(21)22;/h2*12,14-15,20H,2-11,13H2,1H3,(H,21,22);/q;;+2/p-2. The number of rotatable bonds is 24. The van der Waals surface area contributed by atoms with Gasteiger partial charge in [-0.3, -0.25) is 0 Å². The van der Waals surface area contributed by atoms with Gasteiger partial charge < -0.3 is 30.0 Å². The number of aromatic hydroxyl groups is 2. The normalized spacial score (nSPS) is 10.5. The first-order chi connectivity index (χ1) is 21.3. The topological polar surface area (TPSA) is 121 Å². The maximum absolute atomic E-state index is 10.8. The molecule has 2 aromatic rings. The minimum atomic E-state index is -1.32. The molecular weight excluding hydrogens is 618 g/mol. The number of aryl methyl sites for hydroxylation is 2. The zero-order chi connectivity index (χ0) is 32.4. The maximum atomic E-state index is 10.8. The Bertz CT molecular complexity index is 971. The molecule has 0 heterocycles. The number of phenols is 2. The van der Waals surface area contributed by atoms with Crippen LogP contribution >= 0.6 is 0 Å². The molecule has 6 nitrogen and oxygen atoms in total. The van der Waals surface area contributed by atoms with Crippen molar-refractivity contribution in [1.29, 1.82) is 0 Å². The van der Waals surface area contributed by atoms with E-state index in [0.29, 0.717) is 11.1 Å². The van der Waals surface area contributed by atoms with Crippen molar-refractivity contribution in [2.75, 3.05) is 0 Å². The van der Waals surface area contributed by atoms with Gasteiger partial charge in [0.15, 0.2) is 0 Å². The van der Waals surface area contributed by atoms with Gasteiger partial charge in [0.05, 0.1) is 11.9 Å². The van der Waals surface area contributed by atoms with E-state index < -0.39 is 11.9 Å². The Morgan fingerprint density at radius 2 is 0.756 bits per heavy atom. The van der Waals surface area contributed by atoms with E-state index in [4.69, 9.17) is 0 Å². The van der Waals surface area contributed by atoms with Crippen molar-refractivity contribution >= 4 is 11.9 Å². The van der Waals surface area contributed by atoms with Crippen LogP contribution in [0.2, 0.25) is 0 Å². The molecular formula is C38H58O6Zn. The predicted molar refractivity (Wildman–Crippen MR) is 176 cm³/mol. The first kappa shape index (κ1) is 42.6. The molecule has 0 radical (unpaired) electrons. The third kappa shape index (κ3) is 19.7. The van der Waals surface area contributed by atoms with Crippen LogP contribution in [-0.2, 0) is 32.3 Å². The monoisotopic (exact) mass is 674 g/mol. The summed E-state index contributed by atoms with van der Waals surface area (Å²) in [5.74, 6) is -2.89. The average Bonchev–Trinajstić information content (AvgIpc) is 3.00. The van der Waals surface area contributed by atoms with Crippen LogP contribution in [0.15, 0.2) is 36.4 Å². The van der Waals surface area contributed by atoms with Gasteiger partial charge in [0.2, 0.25) is 0 Å². The fourth-order valence-electron chi connectivity index (χ4n) is 5.52. The van der Waals surface area contributed by atoms with Crippen LogP contribution in [0.4, 0.5) is 0 Å². The van der Waals surface area contributed by atoms with Gasteiger partial charge >= 0.3 is 19.5 Å². The SMILES string of the molecule is CCCCCCCCCCCCc1cccc(C(=O)[O-])c1O.CCCCCCCCCCCCc1cccc(C(=O)[O-])c1O.[Zn+2]. The fraction of sp³-hybridized carbons (Fsp3) is 0.632.